The lowest BCUT2D eigenvalue weighted by Crippen LogP contribution is -2.24. The molecular formula is C24H22ClFN4O2. The monoisotopic (exact) mass is 452 g/mol. The summed E-state index contributed by atoms with van der Waals surface area (Å²) in [7, 11) is 0. The van der Waals surface area contributed by atoms with E-state index in [0.29, 0.717) is 41.2 Å². The third-order valence-electron chi connectivity index (χ3n) is 4.98. The molecule has 4 aromatic rings. The highest BCUT2D eigenvalue weighted by molar-refractivity contribution is 6.31. The molecule has 0 bridgehead atoms. The molecule has 4 rings (SSSR count). The highest BCUT2D eigenvalue weighted by Gasteiger charge is 2.13. The maximum atomic E-state index is 13.6. The lowest BCUT2D eigenvalue weighted by molar-refractivity contribution is 0.0953. The smallest absolute Gasteiger partial charge is 0.251 e. The average molecular weight is 453 g/mol. The Hall–Kier alpha value is -3.45. The van der Waals surface area contributed by atoms with Gasteiger partial charge < -0.3 is 15.0 Å². The summed E-state index contributed by atoms with van der Waals surface area (Å²) in [5.74, 6) is 0.859. The summed E-state index contributed by atoms with van der Waals surface area (Å²) in [6.45, 7) is 2.90. The van der Waals surface area contributed by atoms with Crippen molar-refractivity contribution in [2.24, 2.45) is 0 Å². The van der Waals surface area contributed by atoms with Gasteiger partial charge in [-0.2, -0.15) is 0 Å². The van der Waals surface area contributed by atoms with Gasteiger partial charge in [-0.1, -0.05) is 11.6 Å². The summed E-state index contributed by atoms with van der Waals surface area (Å²) in [6, 6.07) is 11.5. The van der Waals surface area contributed by atoms with E-state index >= 15 is 0 Å². The van der Waals surface area contributed by atoms with E-state index in [1.807, 2.05) is 13.0 Å². The second kappa shape index (κ2) is 9.78. The number of aryl methyl sites for hydroxylation is 1. The average Bonchev–Trinajstić information content (AvgIpc) is 3.31. The Morgan fingerprint density at radius 2 is 2.09 bits per heavy atom. The lowest BCUT2D eigenvalue weighted by Gasteiger charge is -2.12. The molecule has 0 atom stereocenters. The number of aromatic nitrogens is 3. The topological polar surface area (TPSA) is 79.9 Å². The number of aromatic amines is 1. The first kappa shape index (κ1) is 21.8. The molecule has 6 nitrogen and oxygen atoms in total. The fourth-order valence-corrected chi connectivity index (χ4v) is 3.59. The van der Waals surface area contributed by atoms with Gasteiger partial charge in [0, 0.05) is 47.9 Å². The molecule has 0 fully saturated rings. The molecule has 0 aliphatic heterocycles. The van der Waals surface area contributed by atoms with Crippen molar-refractivity contribution in [2.45, 2.75) is 19.8 Å². The highest BCUT2D eigenvalue weighted by Crippen LogP contribution is 2.32. The molecule has 2 N–H and O–H groups in total. The van der Waals surface area contributed by atoms with Crippen molar-refractivity contribution in [1.29, 1.82) is 0 Å². The van der Waals surface area contributed by atoms with Crippen LogP contribution in [0.5, 0.6) is 5.75 Å². The normalized spacial score (nSPS) is 11.0. The van der Waals surface area contributed by atoms with E-state index in [0.717, 1.165) is 24.1 Å². The largest absolute Gasteiger partial charge is 0.493 e. The van der Waals surface area contributed by atoms with Gasteiger partial charge in [0.05, 0.1) is 22.8 Å². The second-order valence-electron chi connectivity index (χ2n) is 7.19. The number of nitrogens with zero attached hydrogens (tertiary/aromatic N) is 2. The number of amides is 1. The van der Waals surface area contributed by atoms with Gasteiger partial charge in [0.2, 0.25) is 0 Å². The van der Waals surface area contributed by atoms with Crippen LogP contribution in [0.25, 0.3) is 22.2 Å². The first-order valence-corrected chi connectivity index (χ1v) is 10.7. The number of hydrogen-bond donors (Lipinski definition) is 2. The van der Waals surface area contributed by atoms with E-state index < -0.39 is 5.82 Å². The fourth-order valence-electron chi connectivity index (χ4n) is 3.41. The summed E-state index contributed by atoms with van der Waals surface area (Å²) >= 11 is 5.95. The number of hydrogen-bond acceptors (Lipinski definition) is 4. The van der Waals surface area contributed by atoms with Crippen molar-refractivity contribution >= 4 is 28.4 Å². The first-order chi connectivity index (χ1) is 15.5. The molecule has 32 heavy (non-hydrogen) atoms. The zero-order chi connectivity index (χ0) is 22.5. The van der Waals surface area contributed by atoms with Gasteiger partial charge >= 0.3 is 0 Å². The summed E-state index contributed by atoms with van der Waals surface area (Å²) < 4.78 is 19.4. The van der Waals surface area contributed by atoms with Crippen LogP contribution in [0.4, 0.5) is 4.39 Å². The van der Waals surface area contributed by atoms with Crippen LogP contribution in [0.1, 0.15) is 29.5 Å². The second-order valence-corrected chi connectivity index (χ2v) is 7.60. The fraction of sp³-hybridized carbons (Fsp3) is 0.208. The molecule has 2 aromatic carbocycles. The zero-order valence-electron chi connectivity index (χ0n) is 17.5. The molecule has 0 unspecified atom stereocenters. The van der Waals surface area contributed by atoms with E-state index in [9.17, 15) is 9.18 Å². The number of carbonyl (C=O) groups excluding carboxylic acids is 1. The van der Waals surface area contributed by atoms with Crippen LogP contribution < -0.4 is 10.1 Å². The molecule has 8 heteroatoms. The van der Waals surface area contributed by atoms with E-state index in [-0.39, 0.29) is 10.9 Å². The number of ether oxygens (including phenoxy) is 1. The van der Waals surface area contributed by atoms with Crippen LogP contribution in [-0.4, -0.2) is 34.0 Å². The van der Waals surface area contributed by atoms with Gasteiger partial charge in [-0.05, 0) is 49.7 Å². The number of fused-ring (bicyclic) bond motifs is 1. The van der Waals surface area contributed by atoms with E-state index in [2.05, 4.69) is 20.3 Å². The van der Waals surface area contributed by atoms with Gasteiger partial charge in [-0.3, -0.25) is 4.79 Å². The molecule has 0 aliphatic rings. The Morgan fingerprint density at radius 1 is 1.22 bits per heavy atom. The quantitative estimate of drug-likeness (QED) is 0.361. The van der Waals surface area contributed by atoms with Crippen molar-refractivity contribution in [3.8, 4) is 17.0 Å². The third-order valence-corrected chi connectivity index (χ3v) is 5.27. The molecule has 0 saturated heterocycles. The number of pyridine rings is 1. The van der Waals surface area contributed by atoms with Crippen LogP contribution in [0.3, 0.4) is 0 Å². The summed E-state index contributed by atoms with van der Waals surface area (Å²) in [4.78, 5) is 24.5. The minimum absolute atomic E-state index is 0.0185. The molecule has 0 aliphatic carbocycles. The number of carbonyl (C=O) groups is 1. The molecular weight excluding hydrogens is 431 g/mol. The number of rotatable bonds is 8. The number of nitrogens with one attached hydrogen (secondary N) is 2. The summed E-state index contributed by atoms with van der Waals surface area (Å²) in [6.07, 6.45) is 5.02. The lowest BCUT2D eigenvalue weighted by atomic mass is 10.1. The number of halogens is 2. The Bertz CT molecular complexity index is 1240. The maximum absolute atomic E-state index is 13.6. The standard InChI is InChI=1S/C24H22ClFN4O2/c1-2-32-22-14-20(15-6-8-19(26)18(25)12-15)30-21-13-16(5-7-17(21)22)24(31)29-9-3-4-23-27-10-11-28-23/h5-8,10-14H,2-4,9H2,1H3,(H,27,28)(H,29,31). The molecule has 2 aromatic heterocycles. The van der Waals surface area contributed by atoms with Gasteiger partial charge in [-0.15, -0.1) is 0 Å². The van der Waals surface area contributed by atoms with Gasteiger partial charge in [0.25, 0.3) is 5.91 Å². The van der Waals surface area contributed by atoms with Crippen molar-refractivity contribution in [3.05, 3.63) is 77.1 Å². The Balaban J connectivity index is 1.58. The Kier molecular flexibility index (Phi) is 6.66. The van der Waals surface area contributed by atoms with Crippen molar-refractivity contribution in [1.82, 2.24) is 20.3 Å². The molecule has 0 radical (unpaired) electrons. The van der Waals surface area contributed by atoms with Crippen molar-refractivity contribution < 1.29 is 13.9 Å². The first-order valence-electron chi connectivity index (χ1n) is 10.3. The van der Waals surface area contributed by atoms with E-state index in [4.69, 9.17) is 16.3 Å². The summed E-state index contributed by atoms with van der Waals surface area (Å²) in [5.41, 5.74) is 2.35. The van der Waals surface area contributed by atoms with E-state index in [1.165, 1.54) is 12.1 Å². The molecule has 164 valence electrons. The third kappa shape index (κ3) is 4.89. The maximum Gasteiger partial charge on any atom is 0.251 e. The number of benzene rings is 2. The van der Waals surface area contributed by atoms with Crippen molar-refractivity contribution in [3.63, 3.8) is 0 Å². The molecule has 2 heterocycles. The van der Waals surface area contributed by atoms with Gasteiger partial charge in [0.1, 0.15) is 17.4 Å². The van der Waals surface area contributed by atoms with Crippen LogP contribution in [0.2, 0.25) is 5.02 Å². The Labute approximate surface area is 189 Å². The van der Waals surface area contributed by atoms with Gasteiger partial charge in [-0.25, -0.2) is 14.4 Å². The SMILES string of the molecule is CCOc1cc(-c2ccc(F)c(Cl)c2)nc2cc(C(=O)NCCCc3ncc[nH]3)ccc12. The van der Waals surface area contributed by atoms with Crippen molar-refractivity contribution in [2.75, 3.05) is 13.2 Å². The minimum Gasteiger partial charge on any atom is -0.493 e. The van der Waals surface area contributed by atoms with Crippen LogP contribution >= 0.6 is 11.6 Å². The number of imidazole rings is 1. The van der Waals surface area contributed by atoms with E-state index in [1.54, 1.807) is 36.7 Å². The summed E-state index contributed by atoms with van der Waals surface area (Å²) in [5, 5.41) is 3.74. The Morgan fingerprint density at radius 3 is 2.84 bits per heavy atom. The van der Waals surface area contributed by atoms with Crippen LogP contribution in [0.15, 0.2) is 54.9 Å². The highest BCUT2D eigenvalue weighted by atomic mass is 35.5. The molecule has 0 saturated carbocycles. The molecule has 0 spiro atoms. The zero-order valence-corrected chi connectivity index (χ0v) is 18.2. The van der Waals surface area contributed by atoms with Crippen LogP contribution in [0, 0.1) is 5.82 Å². The predicted molar refractivity (Wildman–Crippen MR) is 123 cm³/mol. The van der Waals surface area contributed by atoms with Crippen LogP contribution in [-0.2, 0) is 6.42 Å². The van der Waals surface area contributed by atoms with Gasteiger partial charge in [0.15, 0.2) is 0 Å². The number of H-pyrrole nitrogens is 1. The predicted octanol–water partition coefficient (Wildman–Crippen LogP) is 5.18. The minimum atomic E-state index is -0.493. The molecule has 1 amide bonds.